The van der Waals surface area contributed by atoms with Crippen molar-refractivity contribution in [3.63, 3.8) is 0 Å². The molecule has 1 saturated carbocycles. The van der Waals surface area contributed by atoms with Crippen LogP contribution in [0.2, 0.25) is 0 Å². The van der Waals surface area contributed by atoms with Crippen molar-refractivity contribution in [1.82, 2.24) is 10.2 Å². The van der Waals surface area contributed by atoms with Gasteiger partial charge in [0.1, 0.15) is 0 Å². The van der Waals surface area contributed by atoms with Gasteiger partial charge < -0.3 is 19.7 Å². The van der Waals surface area contributed by atoms with Gasteiger partial charge in [-0.1, -0.05) is 13.8 Å². The van der Waals surface area contributed by atoms with Gasteiger partial charge in [0.2, 0.25) is 0 Å². The molecular formula is C17H34N2O2. The average Bonchev–Trinajstić information content (AvgIpc) is 3.27. The van der Waals surface area contributed by atoms with Crippen molar-refractivity contribution >= 4 is 0 Å². The van der Waals surface area contributed by atoms with Crippen LogP contribution in [0.5, 0.6) is 0 Å². The van der Waals surface area contributed by atoms with Gasteiger partial charge in [0.05, 0.1) is 13.2 Å². The van der Waals surface area contributed by atoms with Crippen molar-refractivity contribution in [3.8, 4) is 0 Å². The molecule has 1 aliphatic carbocycles. The Morgan fingerprint density at radius 2 is 2.19 bits per heavy atom. The van der Waals surface area contributed by atoms with Crippen molar-refractivity contribution in [2.45, 2.75) is 45.6 Å². The van der Waals surface area contributed by atoms with Crippen molar-refractivity contribution < 1.29 is 9.47 Å². The van der Waals surface area contributed by atoms with Crippen molar-refractivity contribution in [2.75, 3.05) is 53.1 Å². The minimum Gasteiger partial charge on any atom is -0.381 e. The van der Waals surface area contributed by atoms with E-state index in [1.54, 1.807) is 0 Å². The van der Waals surface area contributed by atoms with Gasteiger partial charge in [-0.25, -0.2) is 0 Å². The third kappa shape index (κ3) is 6.64. The van der Waals surface area contributed by atoms with Crippen LogP contribution in [0.4, 0.5) is 0 Å². The number of nitrogens with one attached hydrogen (secondary N) is 1. The fourth-order valence-corrected chi connectivity index (χ4v) is 3.06. The summed E-state index contributed by atoms with van der Waals surface area (Å²) in [6.07, 6.45) is 5.19. The number of hydrogen-bond acceptors (Lipinski definition) is 4. The van der Waals surface area contributed by atoms with Crippen LogP contribution in [0.25, 0.3) is 0 Å². The highest BCUT2D eigenvalue weighted by Gasteiger charge is 2.34. The molecule has 0 bridgehead atoms. The summed E-state index contributed by atoms with van der Waals surface area (Å²) < 4.78 is 11.5. The lowest BCUT2D eigenvalue weighted by Crippen LogP contribution is -2.49. The largest absolute Gasteiger partial charge is 0.381 e. The molecule has 1 unspecified atom stereocenters. The first-order valence-electron chi connectivity index (χ1n) is 8.67. The molecule has 1 N–H and O–H groups in total. The Morgan fingerprint density at radius 3 is 2.81 bits per heavy atom. The second-order valence-corrected chi connectivity index (χ2v) is 7.45. The van der Waals surface area contributed by atoms with Crippen LogP contribution in [-0.2, 0) is 9.47 Å². The maximum Gasteiger partial charge on any atom is 0.0593 e. The van der Waals surface area contributed by atoms with Crippen LogP contribution >= 0.6 is 0 Å². The highest BCUT2D eigenvalue weighted by atomic mass is 16.5. The molecule has 21 heavy (non-hydrogen) atoms. The van der Waals surface area contributed by atoms with E-state index in [4.69, 9.17) is 9.47 Å². The fourth-order valence-electron chi connectivity index (χ4n) is 3.06. The molecule has 0 aromatic heterocycles. The molecule has 0 amide bonds. The van der Waals surface area contributed by atoms with E-state index >= 15 is 0 Å². The van der Waals surface area contributed by atoms with E-state index in [2.05, 4.69) is 31.1 Å². The first kappa shape index (κ1) is 17.2. The van der Waals surface area contributed by atoms with Crippen molar-refractivity contribution in [3.05, 3.63) is 0 Å². The third-order valence-electron chi connectivity index (χ3n) is 4.56. The summed E-state index contributed by atoms with van der Waals surface area (Å²) in [7, 11) is 2.21. The predicted molar refractivity (Wildman–Crippen MR) is 86.7 cm³/mol. The number of likely N-dealkylation sites (N-methyl/N-ethyl adjacent to an activating group) is 1. The zero-order valence-electron chi connectivity index (χ0n) is 14.2. The Kier molecular flexibility index (Phi) is 6.93. The molecule has 1 heterocycles. The Balaban J connectivity index is 1.70. The smallest absolute Gasteiger partial charge is 0.0593 e. The molecule has 4 heteroatoms. The van der Waals surface area contributed by atoms with E-state index in [1.165, 1.54) is 25.7 Å². The fraction of sp³-hybridized carbons (Fsp3) is 1.00. The summed E-state index contributed by atoms with van der Waals surface area (Å²) in [5, 5.41) is 3.61. The molecule has 0 aromatic rings. The number of ether oxygens (including phenoxy) is 2. The number of hydrogen-bond donors (Lipinski definition) is 1. The van der Waals surface area contributed by atoms with Crippen molar-refractivity contribution in [1.29, 1.82) is 0 Å². The Labute approximate surface area is 130 Å². The Hall–Kier alpha value is -0.160. The SMILES string of the molecule is CC(C)NCC1(CN(C)CCOCC2CC2)CCCOC1. The minimum absolute atomic E-state index is 0.272. The quantitative estimate of drug-likeness (QED) is 0.627. The highest BCUT2D eigenvalue weighted by molar-refractivity contribution is 4.87. The van der Waals surface area contributed by atoms with Crippen LogP contribution in [0.1, 0.15) is 39.5 Å². The molecule has 1 aliphatic heterocycles. The molecule has 1 saturated heterocycles. The summed E-state index contributed by atoms with van der Waals surface area (Å²) in [5.41, 5.74) is 0.272. The van der Waals surface area contributed by atoms with Gasteiger partial charge in [-0.15, -0.1) is 0 Å². The molecule has 124 valence electrons. The number of nitrogens with zero attached hydrogens (tertiary/aromatic N) is 1. The minimum atomic E-state index is 0.272. The monoisotopic (exact) mass is 298 g/mol. The Bertz CT molecular complexity index is 287. The lowest BCUT2D eigenvalue weighted by molar-refractivity contribution is -0.0267. The van der Waals surface area contributed by atoms with Crippen molar-refractivity contribution in [2.24, 2.45) is 11.3 Å². The molecule has 2 aliphatic rings. The van der Waals surface area contributed by atoms with Gasteiger partial charge in [0.15, 0.2) is 0 Å². The van der Waals surface area contributed by atoms with Gasteiger partial charge in [-0.2, -0.15) is 0 Å². The molecule has 0 radical (unpaired) electrons. The van der Waals surface area contributed by atoms with Gasteiger partial charge in [0.25, 0.3) is 0 Å². The predicted octanol–water partition coefficient (Wildman–Crippen LogP) is 2.14. The maximum absolute atomic E-state index is 5.79. The van der Waals surface area contributed by atoms with Crippen LogP contribution in [0, 0.1) is 11.3 Å². The zero-order valence-corrected chi connectivity index (χ0v) is 14.2. The summed E-state index contributed by atoms with van der Waals surface area (Å²) in [4.78, 5) is 2.42. The second kappa shape index (κ2) is 8.47. The summed E-state index contributed by atoms with van der Waals surface area (Å²) in [6, 6.07) is 0.538. The lowest BCUT2D eigenvalue weighted by Gasteiger charge is -2.40. The normalized spacial score (nSPS) is 26.7. The topological polar surface area (TPSA) is 33.7 Å². The summed E-state index contributed by atoms with van der Waals surface area (Å²) in [6.45, 7) is 11.3. The zero-order chi connectivity index (χ0) is 15.1. The third-order valence-corrected chi connectivity index (χ3v) is 4.56. The van der Waals surface area contributed by atoms with E-state index in [-0.39, 0.29) is 5.41 Å². The first-order valence-corrected chi connectivity index (χ1v) is 8.67. The molecule has 2 rings (SSSR count). The lowest BCUT2D eigenvalue weighted by atomic mass is 9.81. The molecule has 4 nitrogen and oxygen atoms in total. The van der Waals surface area contributed by atoms with Crippen LogP contribution in [0.3, 0.4) is 0 Å². The van der Waals surface area contributed by atoms with E-state index in [0.717, 1.165) is 52.0 Å². The summed E-state index contributed by atoms with van der Waals surface area (Å²) in [5.74, 6) is 0.864. The molecule has 0 spiro atoms. The van der Waals surface area contributed by atoms with Gasteiger partial charge in [-0.3, -0.25) is 0 Å². The second-order valence-electron chi connectivity index (χ2n) is 7.45. The van der Waals surface area contributed by atoms with Crippen LogP contribution in [-0.4, -0.2) is 64.1 Å². The van der Waals surface area contributed by atoms with E-state index < -0.39 is 0 Å². The van der Waals surface area contributed by atoms with E-state index in [1.807, 2.05) is 0 Å². The highest BCUT2D eigenvalue weighted by Crippen LogP contribution is 2.30. The maximum atomic E-state index is 5.79. The molecule has 2 fully saturated rings. The Morgan fingerprint density at radius 1 is 1.38 bits per heavy atom. The van der Waals surface area contributed by atoms with E-state index in [0.29, 0.717) is 6.04 Å². The van der Waals surface area contributed by atoms with Crippen LogP contribution in [0.15, 0.2) is 0 Å². The number of rotatable bonds is 10. The van der Waals surface area contributed by atoms with Gasteiger partial charge in [-0.05, 0) is 38.6 Å². The molecular weight excluding hydrogens is 264 g/mol. The van der Waals surface area contributed by atoms with Gasteiger partial charge in [0, 0.05) is 44.3 Å². The first-order chi connectivity index (χ1) is 10.1. The van der Waals surface area contributed by atoms with Gasteiger partial charge >= 0.3 is 0 Å². The average molecular weight is 298 g/mol. The summed E-state index contributed by atoms with van der Waals surface area (Å²) >= 11 is 0. The van der Waals surface area contributed by atoms with E-state index in [9.17, 15) is 0 Å². The molecule has 0 aromatic carbocycles. The molecule has 1 atom stereocenters. The standard InChI is InChI=1S/C17H34N2O2/c1-15(2)18-12-17(7-4-9-21-14-17)13-19(3)8-10-20-11-16-5-6-16/h15-16,18H,4-14H2,1-3H3. The van der Waals surface area contributed by atoms with Crippen LogP contribution < -0.4 is 5.32 Å².